The van der Waals surface area contributed by atoms with Gasteiger partial charge in [0.2, 0.25) is 0 Å². The maximum absolute atomic E-state index is 9.41. The lowest BCUT2D eigenvalue weighted by Crippen LogP contribution is -2.37. The molecule has 1 heterocycles. The highest BCUT2D eigenvalue weighted by molar-refractivity contribution is 4.96. The maximum Gasteiger partial charge on any atom is 0.0718 e. The summed E-state index contributed by atoms with van der Waals surface area (Å²) in [4.78, 5) is 2.21. The molecule has 2 nitrogen and oxygen atoms in total. The van der Waals surface area contributed by atoms with E-state index in [1.807, 2.05) is 13.8 Å². The van der Waals surface area contributed by atoms with E-state index in [1.54, 1.807) is 0 Å². The Morgan fingerprint density at radius 1 is 1.40 bits per heavy atom. The van der Waals surface area contributed by atoms with Crippen molar-refractivity contribution in [2.45, 2.75) is 19.4 Å². The highest BCUT2D eigenvalue weighted by Crippen LogP contribution is 2.07. The summed E-state index contributed by atoms with van der Waals surface area (Å²) in [6.07, 6.45) is 4.26. The molecule has 0 unspecified atom stereocenters. The second-order valence-electron chi connectivity index (χ2n) is 3.48. The number of nitrogens with zero attached hydrogens (tertiary/aromatic N) is 1. The normalized spacial score (nSPS) is 20.3. The van der Waals surface area contributed by atoms with Crippen LogP contribution in [0.1, 0.15) is 13.8 Å². The topological polar surface area (TPSA) is 23.5 Å². The predicted octanol–water partition coefficient (Wildman–Crippen LogP) is 0.629. The molecule has 0 aromatic rings. The van der Waals surface area contributed by atoms with Gasteiger partial charge in [0.05, 0.1) is 5.60 Å². The lowest BCUT2D eigenvalue weighted by Gasteiger charge is -2.24. The van der Waals surface area contributed by atoms with E-state index in [4.69, 9.17) is 0 Å². The molecule has 1 rings (SSSR count). The van der Waals surface area contributed by atoms with Gasteiger partial charge in [0.15, 0.2) is 0 Å². The molecule has 0 spiro atoms. The van der Waals surface area contributed by atoms with E-state index in [1.165, 1.54) is 0 Å². The van der Waals surface area contributed by atoms with Crippen molar-refractivity contribution in [2.75, 3.05) is 19.6 Å². The van der Waals surface area contributed by atoms with E-state index in [9.17, 15) is 5.11 Å². The molecule has 0 saturated carbocycles. The van der Waals surface area contributed by atoms with Crippen LogP contribution in [0.15, 0.2) is 12.2 Å². The minimum atomic E-state index is -0.550. The standard InChI is InChI=1S/C8H15NO/c1-8(2,10)7-9-5-3-4-6-9/h3-4,10H,5-7H2,1-2H3. The van der Waals surface area contributed by atoms with Crippen molar-refractivity contribution in [1.82, 2.24) is 4.90 Å². The molecule has 10 heavy (non-hydrogen) atoms. The van der Waals surface area contributed by atoms with Crippen LogP contribution in [-0.4, -0.2) is 35.2 Å². The average molecular weight is 141 g/mol. The van der Waals surface area contributed by atoms with Crippen molar-refractivity contribution in [2.24, 2.45) is 0 Å². The summed E-state index contributed by atoms with van der Waals surface area (Å²) in [6.45, 7) is 6.42. The number of hydrogen-bond donors (Lipinski definition) is 1. The van der Waals surface area contributed by atoms with E-state index in [0.29, 0.717) is 0 Å². The Kier molecular flexibility index (Phi) is 2.11. The van der Waals surface area contributed by atoms with Crippen molar-refractivity contribution >= 4 is 0 Å². The fraction of sp³-hybridized carbons (Fsp3) is 0.750. The molecule has 1 N–H and O–H groups in total. The summed E-state index contributed by atoms with van der Waals surface area (Å²) in [6, 6.07) is 0. The Hall–Kier alpha value is -0.340. The zero-order valence-corrected chi connectivity index (χ0v) is 6.67. The van der Waals surface area contributed by atoms with E-state index < -0.39 is 5.60 Å². The van der Waals surface area contributed by atoms with Crippen LogP contribution in [0.5, 0.6) is 0 Å². The van der Waals surface area contributed by atoms with E-state index >= 15 is 0 Å². The lowest BCUT2D eigenvalue weighted by atomic mass is 10.1. The van der Waals surface area contributed by atoms with Gasteiger partial charge >= 0.3 is 0 Å². The Morgan fingerprint density at radius 3 is 2.30 bits per heavy atom. The largest absolute Gasteiger partial charge is 0.389 e. The van der Waals surface area contributed by atoms with Crippen LogP contribution in [0.25, 0.3) is 0 Å². The molecule has 58 valence electrons. The fourth-order valence-corrected chi connectivity index (χ4v) is 1.20. The Labute approximate surface area is 62.2 Å². The van der Waals surface area contributed by atoms with Crippen molar-refractivity contribution in [3.8, 4) is 0 Å². The van der Waals surface area contributed by atoms with Crippen molar-refractivity contribution < 1.29 is 5.11 Å². The minimum absolute atomic E-state index is 0.550. The summed E-state index contributed by atoms with van der Waals surface area (Å²) in [5.41, 5.74) is -0.550. The Morgan fingerprint density at radius 2 is 1.90 bits per heavy atom. The predicted molar refractivity (Wildman–Crippen MR) is 41.9 cm³/mol. The van der Waals surface area contributed by atoms with Gasteiger partial charge in [0.25, 0.3) is 0 Å². The highest BCUT2D eigenvalue weighted by atomic mass is 16.3. The third-order valence-corrected chi connectivity index (χ3v) is 1.50. The number of rotatable bonds is 2. The van der Waals surface area contributed by atoms with Crippen LogP contribution >= 0.6 is 0 Å². The lowest BCUT2D eigenvalue weighted by molar-refractivity contribution is 0.0456. The zero-order chi connectivity index (χ0) is 7.61. The minimum Gasteiger partial charge on any atom is -0.389 e. The summed E-state index contributed by atoms with van der Waals surface area (Å²) in [5.74, 6) is 0. The first-order valence-corrected chi connectivity index (χ1v) is 3.68. The third-order valence-electron chi connectivity index (χ3n) is 1.50. The molecule has 2 heteroatoms. The molecule has 1 aliphatic heterocycles. The Bertz CT molecular complexity index is 127. The summed E-state index contributed by atoms with van der Waals surface area (Å²) >= 11 is 0. The van der Waals surface area contributed by atoms with Gasteiger partial charge in [-0.05, 0) is 13.8 Å². The molecule has 0 atom stereocenters. The third kappa shape index (κ3) is 2.50. The van der Waals surface area contributed by atoms with Gasteiger partial charge in [-0.1, -0.05) is 12.2 Å². The maximum atomic E-state index is 9.41. The van der Waals surface area contributed by atoms with Crippen LogP contribution in [0, 0.1) is 0 Å². The SMILES string of the molecule is CC(C)(O)CN1CC=CC1. The van der Waals surface area contributed by atoms with Gasteiger partial charge in [0.1, 0.15) is 0 Å². The molecular weight excluding hydrogens is 126 g/mol. The van der Waals surface area contributed by atoms with E-state index in [-0.39, 0.29) is 0 Å². The summed E-state index contributed by atoms with van der Waals surface area (Å²) in [5, 5.41) is 9.41. The van der Waals surface area contributed by atoms with Crippen molar-refractivity contribution in [3.63, 3.8) is 0 Å². The Balaban J connectivity index is 2.26. The molecule has 1 aliphatic rings. The van der Waals surface area contributed by atoms with Gasteiger partial charge in [-0.15, -0.1) is 0 Å². The first-order valence-electron chi connectivity index (χ1n) is 3.68. The number of β-amino-alcohol motifs (C(OH)–C–C–N with tert-alkyl or cyclic N) is 1. The van der Waals surface area contributed by atoms with Gasteiger partial charge in [-0.2, -0.15) is 0 Å². The highest BCUT2D eigenvalue weighted by Gasteiger charge is 2.17. The molecule has 0 aliphatic carbocycles. The van der Waals surface area contributed by atoms with Crippen molar-refractivity contribution in [3.05, 3.63) is 12.2 Å². The smallest absolute Gasteiger partial charge is 0.0718 e. The molecule has 0 aromatic carbocycles. The average Bonchev–Trinajstić information content (AvgIpc) is 2.12. The monoisotopic (exact) mass is 141 g/mol. The first kappa shape index (κ1) is 7.76. The quantitative estimate of drug-likeness (QED) is 0.570. The number of hydrogen-bond acceptors (Lipinski definition) is 2. The van der Waals surface area contributed by atoms with Crippen LogP contribution in [-0.2, 0) is 0 Å². The molecule has 0 saturated heterocycles. The first-order chi connectivity index (χ1) is 4.58. The van der Waals surface area contributed by atoms with Crippen LogP contribution in [0.2, 0.25) is 0 Å². The van der Waals surface area contributed by atoms with Crippen LogP contribution in [0.3, 0.4) is 0 Å². The molecular formula is C8H15NO. The molecule has 0 aromatic heterocycles. The van der Waals surface area contributed by atoms with Crippen LogP contribution in [0.4, 0.5) is 0 Å². The summed E-state index contributed by atoms with van der Waals surface area (Å²) < 4.78 is 0. The van der Waals surface area contributed by atoms with Crippen LogP contribution < -0.4 is 0 Å². The van der Waals surface area contributed by atoms with Gasteiger partial charge in [0, 0.05) is 19.6 Å². The molecule has 0 amide bonds. The van der Waals surface area contributed by atoms with Gasteiger partial charge in [-0.25, -0.2) is 0 Å². The van der Waals surface area contributed by atoms with E-state index in [2.05, 4.69) is 17.1 Å². The molecule has 0 fully saturated rings. The van der Waals surface area contributed by atoms with Gasteiger partial charge < -0.3 is 5.11 Å². The zero-order valence-electron chi connectivity index (χ0n) is 6.67. The molecule has 0 radical (unpaired) electrons. The fourth-order valence-electron chi connectivity index (χ4n) is 1.20. The van der Waals surface area contributed by atoms with Crippen molar-refractivity contribution in [1.29, 1.82) is 0 Å². The molecule has 0 bridgehead atoms. The number of aliphatic hydroxyl groups is 1. The van der Waals surface area contributed by atoms with Gasteiger partial charge in [-0.3, -0.25) is 4.90 Å². The second-order valence-corrected chi connectivity index (χ2v) is 3.48. The van der Waals surface area contributed by atoms with E-state index in [0.717, 1.165) is 19.6 Å². The summed E-state index contributed by atoms with van der Waals surface area (Å²) in [7, 11) is 0. The second kappa shape index (κ2) is 2.72.